The van der Waals surface area contributed by atoms with E-state index in [2.05, 4.69) is 4.74 Å². The van der Waals surface area contributed by atoms with Gasteiger partial charge in [-0.3, -0.25) is 0 Å². The molecule has 0 amide bonds. The van der Waals surface area contributed by atoms with Gasteiger partial charge in [-0.2, -0.15) is 13.2 Å². The molecule has 0 aliphatic carbocycles. The van der Waals surface area contributed by atoms with Crippen molar-refractivity contribution in [3.63, 3.8) is 0 Å². The number of alkyl halides is 3. The quantitative estimate of drug-likeness (QED) is 0.718. The summed E-state index contributed by atoms with van der Waals surface area (Å²) in [5.74, 6) is 0. The van der Waals surface area contributed by atoms with Gasteiger partial charge in [-0.1, -0.05) is 0 Å². The second-order valence-corrected chi connectivity index (χ2v) is 2.01. The van der Waals surface area contributed by atoms with Crippen LogP contribution in [0.1, 0.15) is 6.92 Å². The Labute approximate surface area is 69.3 Å². The van der Waals surface area contributed by atoms with Crippen molar-refractivity contribution >= 4 is 12.4 Å². The van der Waals surface area contributed by atoms with Crippen LogP contribution < -0.4 is 5.73 Å². The van der Waals surface area contributed by atoms with Crippen molar-refractivity contribution in [3.8, 4) is 0 Å². The first-order valence-corrected chi connectivity index (χ1v) is 2.74. The lowest BCUT2D eigenvalue weighted by molar-refractivity contribution is -0.170. The molecule has 2 atom stereocenters. The SMILES string of the molecule is CO[C@@H](C)[C@@H](N)C(F)(F)F.Cl. The minimum absolute atomic E-state index is 0. The van der Waals surface area contributed by atoms with Gasteiger partial charge in [0.2, 0.25) is 0 Å². The van der Waals surface area contributed by atoms with Crippen LogP contribution in [0.3, 0.4) is 0 Å². The molecule has 0 aromatic heterocycles. The fourth-order valence-corrected chi connectivity index (χ4v) is 0.413. The van der Waals surface area contributed by atoms with E-state index >= 15 is 0 Å². The summed E-state index contributed by atoms with van der Waals surface area (Å²) in [7, 11) is 1.19. The summed E-state index contributed by atoms with van der Waals surface area (Å²) in [6.45, 7) is 1.28. The molecule has 0 aromatic carbocycles. The molecule has 0 saturated carbocycles. The van der Waals surface area contributed by atoms with Crippen molar-refractivity contribution in [2.45, 2.75) is 25.2 Å². The molecule has 0 aliphatic heterocycles. The predicted octanol–water partition coefficient (Wildman–Crippen LogP) is 1.33. The zero-order valence-corrected chi connectivity index (χ0v) is 7.00. The van der Waals surface area contributed by atoms with Crippen LogP contribution in [0, 0.1) is 0 Å². The average molecular weight is 194 g/mol. The second-order valence-electron chi connectivity index (χ2n) is 2.01. The van der Waals surface area contributed by atoms with Crippen molar-refractivity contribution in [2.75, 3.05) is 7.11 Å². The molecule has 0 spiro atoms. The van der Waals surface area contributed by atoms with E-state index in [1.54, 1.807) is 0 Å². The summed E-state index contributed by atoms with van der Waals surface area (Å²) < 4.78 is 39.4. The molecule has 0 saturated heterocycles. The summed E-state index contributed by atoms with van der Waals surface area (Å²) in [5.41, 5.74) is 4.75. The summed E-state index contributed by atoms with van der Waals surface area (Å²) in [6.07, 6.45) is -5.35. The molecule has 0 rings (SSSR count). The highest BCUT2D eigenvalue weighted by Gasteiger charge is 2.40. The molecule has 0 fully saturated rings. The highest BCUT2D eigenvalue weighted by molar-refractivity contribution is 5.85. The van der Waals surface area contributed by atoms with E-state index in [0.29, 0.717) is 0 Å². The minimum atomic E-state index is -4.37. The van der Waals surface area contributed by atoms with Crippen molar-refractivity contribution in [1.29, 1.82) is 0 Å². The molecule has 70 valence electrons. The number of methoxy groups -OCH3 is 1. The van der Waals surface area contributed by atoms with E-state index < -0.39 is 18.3 Å². The first-order chi connectivity index (χ1) is 4.39. The fraction of sp³-hybridized carbons (Fsp3) is 1.00. The zero-order valence-electron chi connectivity index (χ0n) is 6.18. The normalized spacial score (nSPS) is 16.9. The number of nitrogens with two attached hydrogens (primary N) is 1. The van der Waals surface area contributed by atoms with E-state index in [4.69, 9.17) is 5.73 Å². The van der Waals surface area contributed by atoms with E-state index in [-0.39, 0.29) is 12.4 Å². The Morgan fingerprint density at radius 3 is 1.82 bits per heavy atom. The van der Waals surface area contributed by atoms with E-state index in [1.807, 2.05) is 0 Å². The Kier molecular flexibility index (Phi) is 5.92. The van der Waals surface area contributed by atoms with Crippen molar-refractivity contribution in [2.24, 2.45) is 5.73 Å². The number of ether oxygens (including phenoxy) is 1. The van der Waals surface area contributed by atoms with Crippen LogP contribution in [0.15, 0.2) is 0 Å². The highest BCUT2D eigenvalue weighted by atomic mass is 35.5. The molecule has 2 nitrogen and oxygen atoms in total. The van der Waals surface area contributed by atoms with Crippen molar-refractivity contribution in [3.05, 3.63) is 0 Å². The highest BCUT2D eigenvalue weighted by Crippen LogP contribution is 2.21. The lowest BCUT2D eigenvalue weighted by Crippen LogP contribution is -2.46. The predicted molar refractivity (Wildman–Crippen MR) is 37.7 cm³/mol. The largest absolute Gasteiger partial charge is 0.406 e. The van der Waals surface area contributed by atoms with Gasteiger partial charge in [0.1, 0.15) is 6.04 Å². The summed E-state index contributed by atoms with van der Waals surface area (Å²) in [4.78, 5) is 0. The third kappa shape index (κ3) is 4.44. The lowest BCUT2D eigenvalue weighted by atomic mass is 10.2. The summed E-state index contributed by atoms with van der Waals surface area (Å²) in [5, 5.41) is 0. The Hall–Kier alpha value is -0.0000000000000000555. The molecule has 0 aliphatic rings. The third-order valence-electron chi connectivity index (χ3n) is 1.26. The van der Waals surface area contributed by atoms with E-state index in [9.17, 15) is 13.2 Å². The van der Waals surface area contributed by atoms with Crippen LogP contribution in [0.25, 0.3) is 0 Å². The van der Waals surface area contributed by atoms with Crippen LogP contribution in [0.5, 0.6) is 0 Å². The maximum Gasteiger partial charge on any atom is 0.406 e. The minimum Gasteiger partial charge on any atom is -0.380 e. The van der Waals surface area contributed by atoms with Crippen LogP contribution in [0.4, 0.5) is 13.2 Å². The lowest BCUT2D eigenvalue weighted by Gasteiger charge is -2.20. The van der Waals surface area contributed by atoms with Gasteiger partial charge >= 0.3 is 6.18 Å². The molecule has 0 unspecified atom stereocenters. The third-order valence-corrected chi connectivity index (χ3v) is 1.26. The smallest absolute Gasteiger partial charge is 0.380 e. The topological polar surface area (TPSA) is 35.2 Å². The molecule has 11 heavy (non-hydrogen) atoms. The Bertz CT molecular complexity index is 108. The molecular formula is C5H11ClF3NO. The number of hydrogen-bond donors (Lipinski definition) is 1. The molecular weight excluding hydrogens is 183 g/mol. The maximum absolute atomic E-state index is 11.7. The van der Waals surface area contributed by atoms with Crippen LogP contribution in [-0.2, 0) is 4.74 Å². The molecule has 0 radical (unpaired) electrons. The van der Waals surface area contributed by atoms with Crippen molar-refractivity contribution < 1.29 is 17.9 Å². The average Bonchev–Trinajstić information content (AvgIpc) is 1.83. The fourth-order valence-electron chi connectivity index (χ4n) is 0.413. The van der Waals surface area contributed by atoms with Gasteiger partial charge in [-0.15, -0.1) is 12.4 Å². The van der Waals surface area contributed by atoms with Gasteiger partial charge in [-0.05, 0) is 6.92 Å². The van der Waals surface area contributed by atoms with Gasteiger partial charge in [0.25, 0.3) is 0 Å². The number of rotatable bonds is 2. The monoisotopic (exact) mass is 193 g/mol. The molecule has 0 bridgehead atoms. The van der Waals surface area contributed by atoms with Gasteiger partial charge < -0.3 is 10.5 Å². The molecule has 2 N–H and O–H groups in total. The van der Waals surface area contributed by atoms with E-state index in [1.165, 1.54) is 14.0 Å². The van der Waals surface area contributed by atoms with Gasteiger partial charge in [0.05, 0.1) is 6.10 Å². The first kappa shape index (κ1) is 13.6. The Morgan fingerprint density at radius 2 is 1.73 bits per heavy atom. The van der Waals surface area contributed by atoms with Crippen LogP contribution in [-0.4, -0.2) is 25.4 Å². The number of halogens is 4. The summed E-state index contributed by atoms with van der Waals surface area (Å²) >= 11 is 0. The van der Waals surface area contributed by atoms with E-state index in [0.717, 1.165) is 0 Å². The molecule has 6 heteroatoms. The molecule has 0 heterocycles. The van der Waals surface area contributed by atoms with Gasteiger partial charge in [0, 0.05) is 7.11 Å². The Balaban J connectivity index is 0. The standard InChI is InChI=1S/C5H10F3NO.ClH/c1-3(10-2)4(9)5(6,7)8;/h3-4H,9H2,1-2H3;1H/t3-,4+;/m0./s1. The number of hydrogen-bond acceptors (Lipinski definition) is 2. The second kappa shape index (κ2) is 4.79. The first-order valence-electron chi connectivity index (χ1n) is 2.74. The van der Waals surface area contributed by atoms with Crippen LogP contribution in [0.2, 0.25) is 0 Å². The Morgan fingerprint density at radius 1 is 1.36 bits per heavy atom. The molecule has 0 aromatic rings. The van der Waals surface area contributed by atoms with Crippen molar-refractivity contribution in [1.82, 2.24) is 0 Å². The zero-order chi connectivity index (χ0) is 8.36. The van der Waals surface area contributed by atoms with Crippen LogP contribution >= 0.6 is 12.4 Å². The van der Waals surface area contributed by atoms with Gasteiger partial charge in [-0.25, -0.2) is 0 Å². The van der Waals surface area contributed by atoms with Gasteiger partial charge in [0.15, 0.2) is 0 Å². The maximum atomic E-state index is 11.7. The summed E-state index contributed by atoms with van der Waals surface area (Å²) in [6, 6.07) is -1.89.